The van der Waals surface area contributed by atoms with Crippen LogP contribution in [0.3, 0.4) is 0 Å². The molecule has 1 amide bonds. The molecule has 6 nitrogen and oxygen atoms in total. The van der Waals surface area contributed by atoms with Crippen molar-refractivity contribution in [2.24, 2.45) is 5.92 Å². The standard InChI is InChI=1S/C19H24N4O2S/c1-11(2)19(6,10-20)21-16(24)14(5)26-18-23-22-17(25-18)15-8-12(3)7-13(4)9-15/h7-9,11,14H,1-6H3,(H,21,24)/t14-,19-/m1/s1. The summed E-state index contributed by atoms with van der Waals surface area (Å²) in [6.07, 6.45) is 0. The Morgan fingerprint density at radius 2 is 1.85 bits per heavy atom. The lowest BCUT2D eigenvalue weighted by molar-refractivity contribution is -0.121. The van der Waals surface area contributed by atoms with Crippen molar-refractivity contribution in [2.45, 2.75) is 57.6 Å². The maximum atomic E-state index is 12.4. The second-order valence-corrected chi connectivity index (χ2v) is 8.26. The first-order valence-corrected chi connectivity index (χ1v) is 9.34. The number of amides is 1. The Morgan fingerprint density at radius 3 is 2.38 bits per heavy atom. The van der Waals surface area contributed by atoms with Crippen LogP contribution in [0.25, 0.3) is 11.5 Å². The predicted molar refractivity (Wildman–Crippen MR) is 102 cm³/mol. The molecular weight excluding hydrogens is 348 g/mol. The number of benzene rings is 1. The van der Waals surface area contributed by atoms with E-state index >= 15 is 0 Å². The van der Waals surface area contributed by atoms with Crippen molar-refractivity contribution in [3.8, 4) is 17.5 Å². The highest BCUT2D eigenvalue weighted by molar-refractivity contribution is 8.00. The number of aromatic nitrogens is 2. The van der Waals surface area contributed by atoms with Crippen LogP contribution in [-0.4, -0.2) is 26.9 Å². The van der Waals surface area contributed by atoms with Gasteiger partial charge in [0.05, 0.1) is 11.3 Å². The Labute approximate surface area is 158 Å². The van der Waals surface area contributed by atoms with Gasteiger partial charge >= 0.3 is 0 Å². The highest BCUT2D eigenvalue weighted by Crippen LogP contribution is 2.28. The lowest BCUT2D eigenvalue weighted by Gasteiger charge is -2.28. The zero-order valence-electron chi connectivity index (χ0n) is 16.0. The molecule has 7 heteroatoms. The van der Waals surface area contributed by atoms with Crippen LogP contribution in [0.5, 0.6) is 0 Å². The summed E-state index contributed by atoms with van der Waals surface area (Å²) in [5, 5.41) is 20.1. The van der Waals surface area contributed by atoms with Crippen LogP contribution in [0.15, 0.2) is 27.8 Å². The monoisotopic (exact) mass is 372 g/mol. The molecule has 0 aliphatic heterocycles. The van der Waals surface area contributed by atoms with E-state index < -0.39 is 10.8 Å². The minimum atomic E-state index is -0.912. The first-order chi connectivity index (χ1) is 12.1. The number of nitrogens with zero attached hydrogens (tertiary/aromatic N) is 3. The van der Waals surface area contributed by atoms with Gasteiger partial charge in [-0.1, -0.05) is 42.8 Å². The molecule has 1 heterocycles. The van der Waals surface area contributed by atoms with Gasteiger partial charge in [0.1, 0.15) is 5.54 Å². The van der Waals surface area contributed by atoms with Gasteiger partial charge in [-0.05, 0) is 45.7 Å². The number of nitriles is 1. The van der Waals surface area contributed by atoms with Crippen LogP contribution in [0.2, 0.25) is 0 Å². The maximum Gasteiger partial charge on any atom is 0.277 e. The summed E-state index contributed by atoms with van der Waals surface area (Å²) in [4.78, 5) is 12.4. The number of hydrogen-bond donors (Lipinski definition) is 1. The van der Waals surface area contributed by atoms with Crippen LogP contribution < -0.4 is 5.32 Å². The number of thioether (sulfide) groups is 1. The fraction of sp³-hybridized carbons (Fsp3) is 0.474. The zero-order valence-corrected chi connectivity index (χ0v) is 16.8. The van der Waals surface area contributed by atoms with E-state index in [1.165, 1.54) is 11.8 Å². The van der Waals surface area contributed by atoms with Crippen LogP contribution >= 0.6 is 11.8 Å². The molecule has 2 rings (SSSR count). The summed E-state index contributed by atoms with van der Waals surface area (Å²) in [5.74, 6) is 0.183. The van der Waals surface area contributed by atoms with E-state index in [1.54, 1.807) is 13.8 Å². The topological polar surface area (TPSA) is 91.8 Å². The molecule has 0 fully saturated rings. The summed E-state index contributed by atoms with van der Waals surface area (Å²) in [5.41, 5.74) is 2.18. The minimum Gasteiger partial charge on any atom is -0.411 e. The summed E-state index contributed by atoms with van der Waals surface area (Å²) < 4.78 is 5.70. The first-order valence-electron chi connectivity index (χ1n) is 8.46. The van der Waals surface area contributed by atoms with E-state index in [2.05, 4.69) is 27.6 Å². The SMILES string of the molecule is Cc1cc(C)cc(-c2nnc(S[C@H](C)C(=O)N[C@](C)(C#N)C(C)C)o2)c1. The molecule has 0 bridgehead atoms. The van der Waals surface area contributed by atoms with Crippen molar-refractivity contribution >= 4 is 17.7 Å². The number of hydrogen-bond acceptors (Lipinski definition) is 6. The third-order valence-electron chi connectivity index (χ3n) is 4.29. The average Bonchev–Trinajstić information content (AvgIpc) is 3.02. The van der Waals surface area contributed by atoms with Gasteiger partial charge < -0.3 is 9.73 Å². The Balaban J connectivity index is 2.09. The molecule has 26 heavy (non-hydrogen) atoms. The number of aryl methyl sites for hydroxylation is 2. The van der Waals surface area contributed by atoms with E-state index in [0.29, 0.717) is 11.1 Å². The van der Waals surface area contributed by atoms with Crippen molar-refractivity contribution in [1.82, 2.24) is 15.5 Å². The Bertz CT molecular complexity index is 820. The van der Waals surface area contributed by atoms with Crippen LogP contribution in [-0.2, 0) is 4.79 Å². The van der Waals surface area contributed by atoms with Gasteiger partial charge in [0.25, 0.3) is 5.22 Å². The second-order valence-electron chi connectivity index (χ2n) is 6.97. The van der Waals surface area contributed by atoms with E-state index in [1.807, 2.05) is 39.8 Å². The van der Waals surface area contributed by atoms with E-state index in [0.717, 1.165) is 16.7 Å². The molecule has 1 aromatic heterocycles. The zero-order chi connectivity index (χ0) is 19.5. The van der Waals surface area contributed by atoms with Crippen LogP contribution in [0, 0.1) is 31.1 Å². The molecule has 0 aliphatic rings. The number of carbonyl (C=O) groups excluding carboxylic acids is 1. The van der Waals surface area contributed by atoms with Crippen molar-refractivity contribution in [3.63, 3.8) is 0 Å². The lowest BCUT2D eigenvalue weighted by Crippen LogP contribution is -2.51. The molecule has 0 saturated carbocycles. The van der Waals surface area contributed by atoms with Crippen LogP contribution in [0.1, 0.15) is 38.8 Å². The predicted octanol–water partition coefficient (Wildman–Crippen LogP) is 3.89. The number of rotatable bonds is 6. The van der Waals surface area contributed by atoms with E-state index in [-0.39, 0.29) is 11.8 Å². The van der Waals surface area contributed by atoms with Gasteiger partial charge in [-0.15, -0.1) is 10.2 Å². The fourth-order valence-corrected chi connectivity index (χ4v) is 3.02. The third kappa shape index (κ3) is 4.64. The molecular formula is C19H24N4O2S. The lowest BCUT2D eigenvalue weighted by atomic mass is 9.90. The smallest absolute Gasteiger partial charge is 0.277 e. The maximum absolute atomic E-state index is 12.4. The quantitative estimate of drug-likeness (QED) is 0.774. The minimum absolute atomic E-state index is 0.00628. The molecule has 1 N–H and O–H groups in total. The normalized spacial score (nSPS) is 14.5. The summed E-state index contributed by atoms with van der Waals surface area (Å²) >= 11 is 1.18. The molecule has 0 unspecified atom stereocenters. The van der Waals surface area contributed by atoms with Gasteiger partial charge in [0, 0.05) is 5.56 Å². The van der Waals surface area contributed by atoms with Gasteiger partial charge in [0.2, 0.25) is 11.8 Å². The van der Waals surface area contributed by atoms with Crippen molar-refractivity contribution < 1.29 is 9.21 Å². The Kier molecular flexibility index (Phi) is 6.09. The largest absolute Gasteiger partial charge is 0.411 e. The number of carbonyl (C=O) groups is 1. The van der Waals surface area contributed by atoms with Crippen molar-refractivity contribution in [1.29, 1.82) is 5.26 Å². The van der Waals surface area contributed by atoms with E-state index in [4.69, 9.17) is 4.42 Å². The molecule has 0 aliphatic carbocycles. The molecule has 0 spiro atoms. The fourth-order valence-electron chi connectivity index (χ4n) is 2.34. The van der Waals surface area contributed by atoms with Crippen molar-refractivity contribution in [2.75, 3.05) is 0 Å². The summed E-state index contributed by atoms with van der Waals surface area (Å²) in [6, 6.07) is 8.20. The molecule has 138 valence electrons. The summed E-state index contributed by atoms with van der Waals surface area (Å²) in [7, 11) is 0. The third-order valence-corrected chi connectivity index (χ3v) is 5.23. The highest BCUT2D eigenvalue weighted by Gasteiger charge is 2.32. The number of nitrogens with one attached hydrogen (secondary N) is 1. The average molecular weight is 372 g/mol. The first kappa shape index (κ1) is 20.0. The van der Waals surface area contributed by atoms with Crippen molar-refractivity contribution in [3.05, 3.63) is 29.3 Å². The Morgan fingerprint density at radius 1 is 1.23 bits per heavy atom. The molecule has 2 aromatic rings. The van der Waals surface area contributed by atoms with Gasteiger partial charge in [-0.25, -0.2) is 0 Å². The van der Waals surface area contributed by atoms with E-state index in [9.17, 15) is 10.1 Å². The van der Waals surface area contributed by atoms with Crippen LogP contribution in [0.4, 0.5) is 0 Å². The Hall–Kier alpha value is -2.33. The summed E-state index contributed by atoms with van der Waals surface area (Å²) in [6.45, 7) is 11.3. The van der Waals surface area contributed by atoms with Gasteiger partial charge in [0.15, 0.2) is 0 Å². The molecule has 1 aromatic carbocycles. The molecule has 0 radical (unpaired) electrons. The molecule has 0 saturated heterocycles. The molecule has 2 atom stereocenters. The highest BCUT2D eigenvalue weighted by atomic mass is 32.2. The second kappa shape index (κ2) is 7.92. The van der Waals surface area contributed by atoms with Gasteiger partial charge in [-0.3, -0.25) is 4.79 Å². The van der Waals surface area contributed by atoms with Gasteiger partial charge in [-0.2, -0.15) is 5.26 Å².